The molecule has 0 aliphatic rings. The van der Waals surface area contributed by atoms with Crippen molar-refractivity contribution in [3.05, 3.63) is 35.9 Å². The Kier molecular flexibility index (Phi) is 7.41. The number of benzene rings is 1. The molecule has 1 atom stereocenters. The van der Waals surface area contributed by atoms with Crippen molar-refractivity contribution in [1.82, 2.24) is 10.2 Å². The number of hydrogen-bond acceptors (Lipinski definition) is 2. The van der Waals surface area contributed by atoms with Crippen LogP contribution in [0, 0.1) is 5.41 Å². The molecule has 0 aliphatic heterocycles. The van der Waals surface area contributed by atoms with Gasteiger partial charge in [0.05, 0.1) is 0 Å². The summed E-state index contributed by atoms with van der Waals surface area (Å²) in [6, 6.07) is 11.9. The highest BCUT2D eigenvalue weighted by atomic mass is 15.1. The van der Waals surface area contributed by atoms with Crippen LogP contribution in [0.2, 0.25) is 0 Å². The highest BCUT2D eigenvalue weighted by Crippen LogP contribution is 2.34. The van der Waals surface area contributed by atoms with Crippen LogP contribution in [0.4, 0.5) is 0 Å². The van der Waals surface area contributed by atoms with Crippen molar-refractivity contribution in [2.75, 3.05) is 20.1 Å². The van der Waals surface area contributed by atoms with Gasteiger partial charge in [-0.2, -0.15) is 0 Å². The van der Waals surface area contributed by atoms with E-state index in [1.54, 1.807) is 0 Å². The van der Waals surface area contributed by atoms with Crippen LogP contribution in [0.15, 0.2) is 30.3 Å². The topological polar surface area (TPSA) is 15.3 Å². The second-order valence-corrected chi connectivity index (χ2v) is 6.78. The van der Waals surface area contributed by atoms with E-state index >= 15 is 0 Å². The standard InChI is InChI=1S/C19H34N2/c1-7-17(8-2)21(6)15-19(4,5)18(20-9-3)16-13-11-10-12-14-16/h10-14,17-18,20H,7-9,15H2,1-6H3. The lowest BCUT2D eigenvalue weighted by Gasteiger charge is -2.40. The number of nitrogens with zero attached hydrogens (tertiary/aromatic N) is 1. The van der Waals surface area contributed by atoms with Crippen LogP contribution in [0.3, 0.4) is 0 Å². The fourth-order valence-corrected chi connectivity index (χ4v) is 3.47. The lowest BCUT2D eigenvalue weighted by atomic mass is 9.79. The SMILES string of the molecule is CCNC(c1ccccc1)C(C)(C)CN(C)C(CC)CC. The fraction of sp³-hybridized carbons (Fsp3) is 0.684. The van der Waals surface area contributed by atoms with Crippen LogP contribution in [-0.2, 0) is 0 Å². The van der Waals surface area contributed by atoms with Crippen LogP contribution in [0.25, 0.3) is 0 Å². The minimum absolute atomic E-state index is 0.189. The molecular formula is C19H34N2. The monoisotopic (exact) mass is 290 g/mol. The van der Waals surface area contributed by atoms with E-state index in [-0.39, 0.29) is 5.41 Å². The molecule has 0 fully saturated rings. The van der Waals surface area contributed by atoms with Crippen molar-refractivity contribution < 1.29 is 0 Å². The molecule has 1 N–H and O–H groups in total. The Morgan fingerprint density at radius 1 is 1.05 bits per heavy atom. The third-order valence-corrected chi connectivity index (χ3v) is 4.55. The molecule has 0 saturated heterocycles. The molecule has 21 heavy (non-hydrogen) atoms. The van der Waals surface area contributed by atoms with Crippen molar-refractivity contribution >= 4 is 0 Å². The number of nitrogens with one attached hydrogen (secondary N) is 1. The number of rotatable bonds is 9. The number of hydrogen-bond donors (Lipinski definition) is 1. The van der Waals surface area contributed by atoms with Gasteiger partial charge in [0.25, 0.3) is 0 Å². The van der Waals surface area contributed by atoms with Crippen LogP contribution in [0.1, 0.15) is 59.1 Å². The summed E-state index contributed by atoms with van der Waals surface area (Å²) >= 11 is 0. The second kappa shape index (κ2) is 8.55. The zero-order chi connectivity index (χ0) is 15.9. The average molecular weight is 290 g/mol. The molecule has 0 aliphatic carbocycles. The third kappa shape index (κ3) is 5.12. The average Bonchev–Trinajstić information content (AvgIpc) is 2.46. The third-order valence-electron chi connectivity index (χ3n) is 4.55. The van der Waals surface area contributed by atoms with Gasteiger partial charge in [-0.05, 0) is 37.4 Å². The lowest BCUT2D eigenvalue weighted by molar-refractivity contribution is 0.120. The van der Waals surface area contributed by atoms with Crippen molar-refractivity contribution in [2.45, 2.75) is 59.5 Å². The van der Waals surface area contributed by atoms with Gasteiger partial charge in [-0.15, -0.1) is 0 Å². The Bertz CT molecular complexity index is 382. The highest BCUT2D eigenvalue weighted by molar-refractivity contribution is 5.21. The molecular weight excluding hydrogens is 256 g/mol. The molecule has 2 heteroatoms. The van der Waals surface area contributed by atoms with E-state index in [4.69, 9.17) is 0 Å². The largest absolute Gasteiger partial charge is 0.310 e. The normalized spacial score (nSPS) is 13.9. The Morgan fingerprint density at radius 3 is 2.10 bits per heavy atom. The van der Waals surface area contributed by atoms with Gasteiger partial charge < -0.3 is 10.2 Å². The summed E-state index contributed by atoms with van der Waals surface area (Å²) in [6.45, 7) is 13.6. The van der Waals surface area contributed by atoms with Gasteiger partial charge in [0.2, 0.25) is 0 Å². The Hall–Kier alpha value is -0.860. The van der Waals surface area contributed by atoms with Crippen LogP contribution >= 0.6 is 0 Å². The van der Waals surface area contributed by atoms with Crippen molar-refractivity contribution in [2.24, 2.45) is 5.41 Å². The maximum absolute atomic E-state index is 3.69. The zero-order valence-corrected chi connectivity index (χ0v) is 14.8. The van der Waals surface area contributed by atoms with E-state index in [1.807, 2.05) is 0 Å². The fourth-order valence-electron chi connectivity index (χ4n) is 3.47. The molecule has 2 nitrogen and oxygen atoms in total. The van der Waals surface area contributed by atoms with Crippen LogP contribution in [-0.4, -0.2) is 31.1 Å². The van der Waals surface area contributed by atoms with Crippen LogP contribution in [0.5, 0.6) is 0 Å². The van der Waals surface area contributed by atoms with E-state index in [0.717, 1.165) is 13.1 Å². The van der Waals surface area contributed by atoms with Crippen molar-refractivity contribution in [3.63, 3.8) is 0 Å². The molecule has 1 aromatic rings. The molecule has 120 valence electrons. The summed E-state index contributed by atoms with van der Waals surface area (Å²) in [6.07, 6.45) is 2.45. The summed E-state index contributed by atoms with van der Waals surface area (Å²) in [5.74, 6) is 0. The molecule has 1 aromatic carbocycles. The Labute approximate surface area is 131 Å². The van der Waals surface area contributed by atoms with Gasteiger partial charge >= 0.3 is 0 Å². The predicted molar refractivity (Wildman–Crippen MR) is 93.6 cm³/mol. The molecule has 0 amide bonds. The first-order valence-corrected chi connectivity index (χ1v) is 8.44. The molecule has 1 unspecified atom stereocenters. The van der Waals surface area contributed by atoms with E-state index < -0.39 is 0 Å². The molecule has 1 rings (SSSR count). The van der Waals surface area contributed by atoms with E-state index in [1.165, 1.54) is 18.4 Å². The molecule has 0 heterocycles. The molecule has 0 radical (unpaired) electrons. The minimum atomic E-state index is 0.189. The van der Waals surface area contributed by atoms with Gasteiger partial charge in [-0.3, -0.25) is 0 Å². The lowest BCUT2D eigenvalue weighted by Crippen LogP contribution is -2.44. The van der Waals surface area contributed by atoms with Gasteiger partial charge in [0.1, 0.15) is 0 Å². The summed E-state index contributed by atoms with van der Waals surface area (Å²) in [5, 5.41) is 3.69. The summed E-state index contributed by atoms with van der Waals surface area (Å²) in [7, 11) is 2.27. The summed E-state index contributed by atoms with van der Waals surface area (Å²) < 4.78 is 0. The first kappa shape index (κ1) is 18.2. The maximum atomic E-state index is 3.69. The van der Waals surface area contributed by atoms with E-state index in [2.05, 4.69) is 82.2 Å². The van der Waals surface area contributed by atoms with E-state index in [9.17, 15) is 0 Å². The quantitative estimate of drug-likeness (QED) is 0.721. The van der Waals surface area contributed by atoms with Gasteiger partial charge in [-0.25, -0.2) is 0 Å². The minimum Gasteiger partial charge on any atom is -0.310 e. The molecule has 0 bridgehead atoms. The predicted octanol–water partition coefficient (Wildman–Crippen LogP) is 4.48. The van der Waals surface area contributed by atoms with Crippen molar-refractivity contribution in [3.8, 4) is 0 Å². The van der Waals surface area contributed by atoms with Gasteiger partial charge in [-0.1, -0.05) is 65.0 Å². The van der Waals surface area contributed by atoms with E-state index in [0.29, 0.717) is 12.1 Å². The van der Waals surface area contributed by atoms with Crippen LogP contribution < -0.4 is 5.32 Å². The first-order valence-electron chi connectivity index (χ1n) is 8.44. The Balaban J connectivity index is 2.89. The first-order chi connectivity index (χ1) is 9.96. The maximum Gasteiger partial charge on any atom is 0.0384 e. The molecule has 0 saturated carbocycles. The molecule has 0 spiro atoms. The smallest absolute Gasteiger partial charge is 0.0384 e. The second-order valence-electron chi connectivity index (χ2n) is 6.78. The zero-order valence-electron chi connectivity index (χ0n) is 14.8. The summed E-state index contributed by atoms with van der Waals surface area (Å²) in [4.78, 5) is 2.54. The molecule has 0 aromatic heterocycles. The van der Waals surface area contributed by atoms with Gasteiger partial charge in [0.15, 0.2) is 0 Å². The Morgan fingerprint density at radius 2 is 1.62 bits per heavy atom. The van der Waals surface area contributed by atoms with Crippen molar-refractivity contribution in [1.29, 1.82) is 0 Å². The summed E-state index contributed by atoms with van der Waals surface area (Å²) in [5.41, 5.74) is 1.58. The van der Waals surface area contributed by atoms with Gasteiger partial charge in [0, 0.05) is 18.6 Å². The highest BCUT2D eigenvalue weighted by Gasteiger charge is 2.32.